The van der Waals surface area contributed by atoms with Gasteiger partial charge in [-0.3, -0.25) is 4.79 Å². The first-order valence-electron chi connectivity index (χ1n) is 4.04. The molecule has 0 atom stereocenters. The molecular formula is C8H9N2O4-. The quantitative estimate of drug-likeness (QED) is 0.617. The Morgan fingerprint density at radius 2 is 2.36 bits per heavy atom. The number of esters is 1. The van der Waals surface area contributed by atoms with Crippen molar-refractivity contribution >= 4 is 11.9 Å². The van der Waals surface area contributed by atoms with Crippen LogP contribution in [0.15, 0.2) is 6.20 Å². The minimum atomic E-state index is -1.40. The first-order valence-corrected chi connectivity index (χ1v) is 4.04. The number of imidazole rings is 1. The van der Waals surface area contributed by atoms with Crippen LogP contribution in [-0.4, -0.2) is 28.5 Å². The number of nitrogens with zero attached hydrogens (tertiary/aromatic N) is 1. The fourth-order valence-corrected chi connectivity index (χ4v) is 0.920. The van der Waals surface area contributed by atoms with E-state index < -0.39 is 11.9 Å². The smallest absolute Gasteiger partial charge is 0.311 e. The number of carbonyl (C=O) groups is 2. The second kappa shape index (κ2) is 4.40. The number of hydrogen-bond acceptors (Lipinski definition) is 5. The lowest BCUT2D eigenvalue weighted by Crippen LogP contribution is -2.23. The molecule has 1 N–H and O–H groups in total. The van der Waals surface area contributed by atoms with Gasteiger partial charge in [-0.15, -0.1) is 0 Å². The van der Waals surface area contributed by atoms with Gasteiger partial charge in [0.2, 0.25) is 0 Å². The van der Waals surface area contributed by atoms with E-state index in [2.05, 4.69) is 14.7 Å². The molecule has 6 heteroatoms. The number of H-pyrrole nitrogens is 1. The van der Waals surface area contributed by atoms with Gasteiger partial charge in [-0.2, -0.15) is 0 Å². The Morgan fingerprint density at radius 3 is 2.86 bits per heavy atom. The van der Waals surface area contributed by atoms with Crippen LogP contribution in [0.4, 0.5) is 0 Å². The topological polar surface area (TPSA) is 95.1 Å². The van der Waals surface area contributed by atoms with Crippen molar-refractivity contribution in [2.75, 3.05) is 6.61 Å². The number of rotatable bonds is 4. The number of aromatic amines is 1. The number of hydrogen-bond donors (Lipinski definition) is 1. The van der Waals surface area contributed by atoms with Crippen molar-refractivity contribution in [2.45, 2.75) is 13.3 Å². The van der Waals surface area contributed by atoms with Crippen LogP contribution < -0.4 is 5.11 Å². The van der Waals surface area contributed by atoms with Gasteiger partial charge in [0.05, 0.1) is 13.0 Å². The standard InChI is InChI=1S/C8H10N2O4/c1-2-14-6(11)3-5-4-9-7(10-5)8(12)13/h4H,2-3H2,1H3,(H,9,10)(H,12,13)/p-1. The van der Waals surface area contributed by atoms with E-state index in [1.54, 1.807) is 6.92 Å². The number of nitrogens with one attached hydrogen (secondary N) is 1. The van der Waals surface area contributed by atoms with Crippen molar-refractivity contribution in [3.05, 3.63) is 17.7 Å². The molecule has 1 aromatic rings. The van der Waals surface area contributed by atoms with Crippen LogP contribution in [0.2, 0.25) is 0 Å². The maximum Gasteiger partial charge on any atom is 0.311 e. The van der Waals surface area contributed by atoms with E-state index in [1.165, 1.54) is 6.20 Å². The minimum Gasteiger partial charge on any atom is -0.542 e. The lowest BCUT2D eigenvalue weighted by Gasteiger charge is -1.99. The van der Waals surface area contributed by atoms with E-state index in [9.17, 15) is 14.7 Å². The third-order valence-corrected chi connectivity index (χ3v) is 1.46. The molecule has 0 saturated carbocycles. The lowest BCUT2D eigenvalue weighted by atomic mass is 10.3. The van der Waals surface area contributed by atoms with Crippen molar-refractivity contribution in [1.82, 2.24) is 9.97 Å². The van der Waals surface area contributed by atoms with Gasteiger partial charge < -0.3 is 19.6 Å². The molecule has 76 valence electrons. The van der Waals surface area contributed by atoms with Crippen LogP contribution >= 0.6 is 0 Å². The summed E-state index contributed by atoms with van der Waals surface area (Å²) in [7, 11) is 0. The Hall–Kier alpha value is -1.85. The molecule has 0 spiro atoms. The highest BCUT2D eigenvalue weighted by atomic mass is 16.5. The van der Waals surface area contributed by atoms with Crippen LogP contribution in [0.1, 0.15) is 23.2 Å². The largest absolute Gasteiger partial charge is 0.542 e. The summed E-state index contributed by atoms with van der Waals surface area (Å²) in [5.41, 5.74) is 0.391. The van der Waals surface area contributed by atoms with Gasteiger partial charge in [0.25, 0.3) is 0 Å². The number of carboxylic acid groups (broad SMARTS) is 1. The fraction of sp³-hybridized carbons (Fsp3) is 0.375. The molecular weight excluding hydrogens is 188 g/mol. The molecule has 0 aliphatic carbocycles. The van der Waals surface area contributed by atoms with E-state index in [0.29, 0.717) is 12.3 Å². The highest BCUT2D eigenvalue weighted by molar-refractivity contribution is 5.81. The third-order valence-electron chi connectivity index (χ3n) is 1.46. The lowest BCUT2D eigenvalue weighted by molar-refractivity contribution is -0.256. The van der Waals surface area contributed by atoms with Gasteiger partial charge in [-0.25, -0.2) is 4.98 Å². The summed E-state index contributed by atoms with van der Waals surface area (Å²) >= 11 is 0. The molecule has 1 heterocycles. The molecule has 1 rings (SSSR count). The number of aromatic carboxylic acids is 1. The zero-order valence-corrected chi connectivity index (χ0v) is 7.57. The van der Waals surface area contributed by atoms with E-state index in [-0.39, 0.29) is 12.2 Å². The van der Waals surface area contributed by atoms with Crippen molar-refractivity contribution < 1.29 is 19.4 Å². The molecule has 1 aromatic heterocycles. The zero-order valence-electron chi connectivity index (χ0n) is 7.57. The highest BCUT2D eigenvalue weighted by Crippen LogP contribution is 1.98. The Bertz CT molecular complexity index is 345. The van der Waals surface area contributed by atoms with Crippen LogP contribution in [0.5, 0.6) is 0 Å². The summed E-state index contributed by atoms with van der Waals surface area (Å²) in [6, 6.07) is 0. The Morgan fingerprint density at radius 1 is 1.64 bits per heavy atom. The fourth-order valence-electron chi connectivity index (χ4n) is 0.920. The van der Waals surface area contributed by atoms with Gasteiger partial charge in [0.1, 0.15) is 5.97 Å². The first kappa shape index (κ1) is 10.2. The van der Waals surface area contributed by atoms with Crippen LogP contribution in [-0.2, 0) is 16.0 Å². The summed E-state index contributed by atoms with van der Waals surface area (Å²) in [6.45, 7) is 1.98. The number of ether oxygens (including phenoxy) is 1. The molecule has 0 bridgehead atoms. The second-order valence-corrected chi connectivity index (χ2v) is 2.53. The predicted octanol–water partition coefficient (Wildman–Crippen LogP) is -1.12. The van der Waals surface area contributed by atoms with Gasteiger partial charge in [0.15, 0.2) is 5.82 Å². The van der Waals surface area contributed by atoms with Crippen LogP contribution in [0.25, 0.3) is 0 Å². The average molecular weight is 197 g/mol. The Labute approximate surface area is 79.9 Å². The third kappa shape index (κ3) is 2.58. The summed E-state index contributed by atoms with van der Waals surface area (Å²) in [5, 5.41) is 10.3. The Balaban J connectivity index is 2.59. The molecule has 0 fully saturated rings. The summed E-state index contributed by atoms with van der Waals surface area (Å²) in [4.78, 5) is 27.2. The molecule has 0 radical (unpaired) electrons. The maximum absolute atomic E-state index is 11.0. The zero-order chi connectivity index (χ0) is 10.6. The summed E-state index contributed by atoms with van der Waals surface area (Å²) < 4.78 is 4.67. The number of aromatic nitrogens is 2. The van der Waals surface area contributed by atoms with Crippen LogP contribution in [0.3, 0.4) is 0 Å². The molecule has 0 aromatic carbocycles. The molecule has 0 amide bonds. The van der Waals surface area contributed by atoms with E-state index in [1.807, 2.05) is 0 Å². The minimum absolute atomic E-state index is 0.0197. The van der Waals surface area contributed by atoms with Crippen molar-refractivity contribution in [3.63, 3.8) is 0 Å². The van der Waals surface area contributed by atoms with Gasteiger partial charge in [0, 0.05) is 11.9 Å². The predicted molar refractivity (Wildman–Crippen MR) is 43.3 cm³/mol. The van der Waals surface area contributed by atoms with Crippen molar-refractivity contribution in [3.8, 4) is 0 Å². The first-order chi connectivity index (χ1) is 6.63. The van der Waals surface area contributed by atoms with E-state index >= 15 is 0 Å². The highest BCUT2D eigenvalue weighted by Gasteiger charge is 2.07. The normalized spacial score (nSPS) is 9.79. The monoisotopic (exact) mass is 197 g/mol. The summed E-state index contributed by atoms with van der Waals surface area (Å²) in [6.07, 6.45) is 1.25. The second-order valence-electron chi connectivity index (χ2n) is 2.53. The SMILES string of the molecule is CCOC(=O)Cc1cnc(C(=O)[O-])[nH]1. The van der Waals surface area contributed by atoms with Crippen molar-refractivity contribution in [2.24, 2.45) is 0 Å². The molecule has 0 aliphatic rings. The molecule has 0 unspecified atom stereocenters. The Kier molecular flexibility index (Phi) is 3.22. The molecule has 0 saturated heterocycles. The van der Waals surface area contributed by atoms with Crippen molar-refractivity contribution in [1.29, 1.82) is 0 Å². The molecule has 0 aliphatic heterocycles. The van der Waals surface area contributed by atoms with Gasteiger partial charge in [-0.05, 0) is 6.92 Å². The average Bonchev–Trinajstić information content (AvgIpc) is 2.53. The number of carboxylic acids is 1. The van der Waals surface area contributed by atoms with Gasteiger partial charge in [-0.1, -0.05) is 0 Å². The molecule has 6 nitrogen and oxygen atoms in total. The summed E-state index contributed by atoms with van der Waals surface area (Å²) in [5.74, 6) is -2.12. The number of carbonyl (C=O) groups excluding carboxylic acids is 2. The van der Waals surface area contributed by atoms with Gasteiger partial charge >= 0.3 is 5.97 Å². The van der Waals surface area contributed by atoms with E-state index in [0.717, 1.165) is 0 Å². The van der Waals surface area contributed by atoms with E-state index in [4.69, 9.17) is 0 Å². The van der Waals surface area contributed by atoms with Crippen LogP contribution in [0, 0.1) is 0 Å². The maximum atomic E-state index is 11.0. The molecule has 14 heavy (non-hydrogen) atoms.